The molecular formula is C8H18O3. The van der Waals surface area contributed by atoms with E-state index in [4.69, 9.17) is 14.2 Å². The normalized spacial score (nSPS) is 10.4. The first kappa shape index (κ1) is 10.9. The second-order valence-electron chi connectivity index (χ2n) is 2.22. The number of ether oxygens (including phenoxy) is 3. The first-order valence-corrected chi connectivity index (χ1v) is 4.06. The minimum atomic E-state index is 0.659. The molecule has 0 fully saturated rings. The molecule has 0 spiro atoms. The molecule has 0 rings (SSSR count). The first-order valence-electron chi connectivity index (χ1n) is 4.06. The van der Waals surface area contributed by atoms with Crippen LogP contribution in [0, 0.1) is 0 Å². The molecule has 0 N–H and O–H groups in total. The Balaban J connectivity index is 2.69. The largest absolute Gasteiger partial charge is 0.382 e. The molecule has 0 aliphatic rings. The molecule has 0 aromatic carbocycles. The van der Waals surface area contributed by atoms with Gasteiger partial charge in [0.2, 0.25) is 0 Å². The summed E-state index contributed by atoms with van der Waals surface area (Å²) in [6.07, 6.45) is 1.07. The van der Waals surface area contributed by atoms with Crippen LogP contribution in [-0.4, -0.2) is 40.1 Å². The predicted molar refractivity (Wildman–Crippen MR) is 43.8 cm³/mol. The van der Waals surface area contributed by atoms with Crippen LogP contribution in [0.1, 0.15) is 13.3 Å². The SMILES string of the molecule is CCCOCCOCCOC. The molecule has 0 radical (unpaired) electrons. The van der Waals surface area contributed by atoms with E-state index in [0.717, 1.165) is 13.0 Å². The highest BCUT2D eigenvalue weighted by molar-refractivity contribution is 4.31. The van der Waals surface area contributed by atoms with Gasteiger partial charge in [-0.1, -0.05) is 6.92 Å². The van der Waals surface area contributed by atoms with Gasteiger partial charge in [-0.3, -0.25) is 0 Å². The lowest BCUT2D eigenvalue weighted by molar-refractivity contribution is 0.0250. The predicted octanol–water partition coefficient (Wildman–Crippen LogP) is 1.08. The van der Waals surface area contributed by atoms with Crippen LogP contribution in [0.3, 0.4) is 0 Å². The van der Waals surface area contributed by atoms with Crippen LogP contribution in [0.15, 0.2) is 0 Å². The first-order chi connectivity index (χ1) is 5.41. The van der Waals surface area contributed by atoms with Crippen molar-refractivity contribution >= 4 is 0 Å². The molecule has 0 bridgehead atoms. The van der Waals surface area contributed by atoms with E-state index in [0.29, 0.717) is 26.4 Å². The lowest BCUT2D eigenvalue weighted by atomic mass is 10.5. The lowest BCUT2D eigenvalue weighted by Gasteiger charge is -2.03. The summed E-state index contributed by atoms with van der Waals surface area (Å²) in [5.41, 5.74) is 0. The Morgan fingerprint density at radius 2 is 1.36 bits per heavy atom. The Hall–Kier alpha value is -0.120. The number of hydrogen-bond donors (Lipinski definition) is 0. The van der Waals surface area contributed by atoms with Crippen LogP contribution in [0.25, 0.3) is 0 Å². The van der Waals surface area contributed by atoms with Crippen molar-refractivity contribution < 1.29 is 14.2 Å². The van der Waals surface area contributed by atoms with E-state index in [1.807, 2.05) is 0 Å². The molecule has 0 saturated heterocycles. The lowest BCUT2D eigenvalue weighted by Crippen LogP contribution is -2.08. The highest BCUT2D eigenvalue weighted by Crippen LogP contribution is 1.81. The van der Waals surface area contributed by atoms with Crippen LogP contribution < -0.4 is 0 Å². The fraction of sp³-hybridized carbons (Fsp3) is 1.00. The van der Waals surface area contributed by atoms with Gasteiger partial charge in [0.05, 0.1) is 26.4 Å². The van der Waals surface area contributed by atoms with Gasteiger partial charge in [0, 0.05) is 13.7 Å². The maximum Gasteiger partial charge on any atom is 0.0701 e. The highest BCUT2D eigenvalue weighted by Gasteiger charge is 1.87. The van der Waals surface area contributed by atoms with Gasteiger partial charge in [-0.2, -0.15) is 0 Å². The third-order valence-corrected chi connectivity index (χ3v) is 1.15. The van der Waals surface area contributed by atoms with Crippen LogP contribution in [-0.2, 0) is 14.2 Å². The van der Waals surface area contributed by atoms with E-state index in [2.05, 4.69) is 6.92 Å². The van der Waals surface area contributed by atoms with Crippen molar-refractivity contribution in [1.82, 2.24) is 0 Å². The molecule has 0 aromatic heterocycles. The van der Waals surface area contributed by atoms with Crippen molar-refractivity contribution in [3.63, 3.8) is 0 Å². The maximum absolute atomic E-state index is 5.20. The summed E-state index contributed by atoms with van der Waals surface area (Å²) in [4.78, 5) is 0. The zero-order valence-electron chi connectivity index (χ0n) is 7.47. The molecular weight excluding hydrogens is 144 g/mol. The summed E-state index contributed by atoms with van der Waals surface area (Å²) in [6, 6.07) is 0. The average molecular weight is 162 g/mol. The van der Waals surface area contributed by atoms with Gasteiger partial charge < -0.3 is 14.2 Å². The Morgan fingerprint density at radius 3 is 1.91 bits per heavy atom. The molecule has 0 aromatic rings. The van der Waals surface area contributed by atoms with E-state index in [-0.39, 0.29) is 0 Å². The van der Waals surface area contributed by atoms with Gasteiger partial charge in [-0.05, 0) is 6.42 Å². The molecule has 0 saturated carbocycles. The standard InChI is InChI=1S/C8H18O3/c1-3-4-10-7-8-11-6-5-9-2/h3-8H2,1-2H3. The summed E-state index contributed by atoms with van der Waals surface area (Å²) in [7, 11) is 1.66. The van der Waals surface area contributed by atoms with Crippen molar-refractivity contribution in [2.24, 2.45) is 0 Å². The molecule has 0 aliphatic carbocycles. The van der Waals surface area contributed by atoms with Gasteiger partial charge in [-0.25, -0.2) is 0 Å². The molecule has 0 heterocycles. The number of rotatable bonds is 8. The van der Waals surface area contributed by atoms with Crippen molar-refractivity contribution in [3.8, 4) is 0 Å². The van der Waals surface area contributed by atoms with Crippen molar-refractivity contribution in [1.29, 1.82) is 0 Å². The van der Waals surface area contributed by atoms with Crippen molar-refractivity contribution in [3.05, 3.63) is 0 Å². The topological polar surface area (TPSA) is 27.7 Å². The fourth-order valence-corrected chi connectivity index (χ4v) is 0.609. The van der Waals surface area contributed by atoms with Crippen LogP contribution in [0.5, 0.6) is 0 Å². The van der Waals surface area contributed by atoms with E-state index in [9.17, 15) is 0 Å². The highest BCUT2D eigenvalue weighted by atomic mass is 16.5. The maximum atomic E-state index is 5.20. The third-order valence-electron chi connectivity index (χ3n) is 1.15. The second-order valence-corrected chi connectivity index (χ2v) is 2.22. The minimum absolute atomic E-state index is 0.659. The van der Waals surface area contributed by atoms with Crippen LogP contribution >= 0.6 is 0 Å². The van der Waals surface area contributed by atoms with E-state index in [1.54, 1.807) is 7.11 Å². The zero-order chi connectivity index (χ0) is 8.36. The summed E-state index contributed by atoms with van der Waals surface area (Å²) in [5, 5.41) is 0. The molecule has 11 heavy (non-hydrogen) atoms. The van der Waals surface area contributed by atoms with Gasteiger partial charge in [0.25, 0.3) is 0 Å². The van der Waals surface area contributed by atoms with Gasteiger partial charge in [0.1, 0.15) is 0 Å². The summed E-state index contributed by atoms with van der Waals surface area (Å²) in [5.74, 6) is 0. The second kappa shape index (κ2) is 9.88. The average Bonchev–Trinajstić information content (AvgIpc) is 2.03. The molecule has 0 amide bonds. The molecule has 0 atom stereocenters. The van der Waals surface area contributed by atoms with E-state index in [1.165, 1.54) is 0 Å². The van der Waals surface area contributed by atoms with Gasteiger partial charge in [0.15, 0.2) is 0 Å². The monoisotopic (exact) mass is 162 g/mol. The summed E-state index contributed by atoms with van der Waals surface area (Å²) in [6.45, 7) is 5.60. The molecule has 3 heteroatoms. The Morgan fingerprint density at radius 1 is 0.818 bits per heavy atom. The van der Waals surface area contributed by atoms with E-state index < -0.39 is 0 Å². The van der Waals surface area contributed by atoms with E-state index >= 15 is 0 Å². The van der Waals surface area contributed by atoms with Crippen LogP contribution in [0.2, 0.25) is 0 Å². The molecule has 68 valence electrons. The van der Waals surface area contributed by atoms with Crippen LogP contribution in [0.4, 0.5) is 0 Å². The molecule has 0 aliphatic heterocycles. The number of hydrogen-bond acceptors (Lipinski definition) is 3. The quantitative estimate of drug-likeness (QED) is 0.500. The van der Waals surface area contributed by atoms with Crippen molar-refractivity contribution in [2.75, 3.05) is 40.1 Å². The minimum Gasteiger partial charge on any atom is -0.382 e. The summed E-state index contributed by atoms with van der Waals surface area (Å²) < 4.78 is 15.2. The molecule has 0 unspecified atom stereocenters. The Labute approximate surface area is 68.6 Å². The molecule has 3 nitrogen and oxygen atoms in total. The Bertz CT molecular complexity index is 58.4. The Kier molecular flexibility index (Phi) is 9.77. The number of methoxy groups -OCH3 is 1. The smallest absolute Gasteiger partial charge is 0.0701 e. The van der Waals surface area contributed by atoms with Gasteiger partial charge >= 0.3 is 0 Å². The third kappa shape index (κ3) is 9.88. The van der Waals surface area contributed by atoms with Crippen molar-refractivity contribution in [2.45, 2.75) is 13.3 Å². The fourth-order valence-electron chi connectivity index (χ4n) is 0.609. The van der Waals surface area contributed by atoms with Gasteiger partial charge in [-0.15, -0.1) is 0 Å². The zero-order valence-corrected chi connectivity index (χ0v) is 7.47. The summed E-state index contributed by atoms with van der Waals surface area (Å²) >= 11 is 0.